The van der Waals surface area contributed by atoms with E-state index in [9.17, 15) is 23.5 Å². The number of carboxylic acid groups (broad SMARTS) is 1. The van der Waals surface area contributed by atoms with Crippen molar-refractivity contribution in [3.05, 3.63) is 52.4 Å². The number of carbonyl (C=O) groups is 2. The molecule has 0 unspecified atom stereocenters. The van der Waals surface area contributed by atoms with Crippen molar-refractivity contribution in [3.63, 3.8) is 0 Å². The van der Waals surface area contributed by atoms with Gasteiger partial charge in [-0.2, -0.15) is 0 Å². The molecule has 0 atom stereocenters. The van der Waals surface area contributed by atoms with E-state index >= 15 is 0 Å². The minimum Gasteiger partial charge on any atom is -0.478 e. The van der Waals surface area contributed by atoms with Gasteiger partial charge in [-0.05, 0) is 30.5 Å². The molecule has 0 fully saturated rings. The minimum atomic E-state index is -1.25. The van der Waals surface area contributed by atoms with E-state index in [0.717, 1.165) is 28.4 Å². The summed E-state index contributed by atoms with van der Waals surface area (Å²) in [5.74, 6) is -2.90. The summed E-state index contributed by atoms with van der Waals surface area (Å²) in [6, 6.07) is 4.64. The monoisotopic (exact) mass is 341 g/mol. The summed E-state index contributed by atoms with van der Waals surface area (Å²) in [6.45, 7) is 1.15. The molecule has 1 aromatic heterocycles. The molecule has 2 aromatic rings. The molecule has 1 N–H and O–H groups in total. The summed E-state index contributed by atoms with van der Waals surface area (Å²) in [5, 5.41) is 10.7. The first-order chi connectivity index (χ1) is 11.0. The molecule has 0 radical (unpaired) electrons. The Kier molecular flexibility index (Phi) is 5.28. The van der Waals surface area contributed by atoms with Gasteiger partial charge in [-0.1, -0.05) is 6.07 Å². The van der Waals surface area contributed by atoms with E-state index in [2.05, 4.69) is 0 Å². The highest BCUT2D eigenvalue weighted by Crippen LogP contribution is 2.30. The zero-order valence-corrected chi connectivity index (χ0v) is 12.9. The molecule has 1 amide bonds. The molecule has 1 heterocycles. The molecule has 0 saturated carbocycles. The normalized spacial score (nSPS) is 10.4. The average Bonchev–Trinajstić information content (AvgIpc) is 2.96. The first-order valence-corrected chi connectivity index (χ1v) is 7.51. The fourth-order valence-electron chi connectivity index (χ4n) is 1.94. The molecule has 0 saturated heterocycles. The number of anilines is 1. The van der Waals surface area contributed by atoms with Crippen LogP contribution < -0.4 is 4.90 Å². The second-order valence-corrected chi connectivity index (χ2v) is 5.32. The van der Waals surface area contributed by atoms with Crippen LogP contribution in [-0.4, -0.2) is 23.8 Å². The molecule has 0 aliphatic heterocycles. The number of halogens is 2. The van der Waals surface area contributed by atoms with Crippen LogP contribution in [0.3, 0.4) is 0 Å². The van der Waals surface area contributed by atoms with Crippen molar-refractivity contribution >= 4 is 28.4 Å². The number of carbonyl (C=O) groups excluding carboxylic acids is 1. The maximum absolute atomic E-state index is 13.8. The predicted octanol–water partition coefficient (Wildman–Crippen LogP) is 3.89. The molecule has 23 heavy (non-hydrogen) atoms. The van der Waals surface area contributed by atoms with Crippen LogP contribution in [0.5, 0.6) is 0 Å². The summed E-state index contributed by atoms with van der Waals surface area (Å²) in [5.41, 5.74) is -0.481. The topological polar surface area (TPSA) is 66.8 Å². The molecule has 122 valence electrons. The van der Waals surface area contributed by atoms with Gasteiger partial charge in [0.2, 0.25) is 0 Å². The number of benzene rings is 1. The SMILES string of the molecule is CCOC(=O)N(Cc1c(F)cccc1F)c1sccc1C(=O)O. The van der Waals surface area contributed by atoms with Crippen molar-refractivity contribution in [2.75, 3.05) is 11.5 Å². The van der Waals surface area contributed by atoms with Gasteiger partial charge in [-0.15, -0.1) is 11.3 Å². The van der Waals surface area contributed by atoms with Crippen LogP contribution in [0, 0.1) is 11.6 Å². The second-order valence-electron chi connectivity index (χ2n) is 4.43. The molecule has 1 aromatic carbocycles. The number of thiophene rings is 1. The maximum atomic E-state index is 13.8. The molecule has 0 aliphatic rings. The third-order valence-corrected chi connectivity index (χ3v) is 3.92. The Morgan fingerprint density at radius 2 is 1.91 bits per heavy atom. The molecule has 0 aliphatic carbocycles. The van der Waals surface area contributed by atoms with Crippen molar-refractivity contribution < 1.29 is 28.2 Å². The summed E-state index contributed by atoms with van der Waals surface area (Å²) < 4.78 is 32.5. The van der Waals surface area contributed by atoms with Gasteiger partial charge in [0.15, 0.2) is 0 Å². The first-order valence-electron chi connectivity index (χ1n) is 6.63. The van der Waals surface area contributed by atoms with E-state index in [1.807, 2.05) is 0 Å². The highest BCUT2D eigenvalue weighted by molar-refractivity contribution is 7.14. The van der Waals surface area contributed by atoms with Crippen LogP contribution in [0.15, 0.2) is 29.6 Å². The molecule has 0 bridgehead atoms. The minimum absolute atomic E-state index is 0.0445. The third kappa shape index (κ3) is 3.65. The van der Waals surface area contributed by atoms with Crippen molar-refractivity contribution in [2.24, 2.45) is 0 Å². The van der Waals surface area contributed by atoms with Crippen molar-refractivity contribution in [1.82, 2.24) is 0 Å². The van der Waals surface area contributed by atoms with Crippen LogP contribution in [-0.2, 0) is 11.3 Å². The average molecular weight is 341 g/mol. The lowest BCUT2D eigenvalue weighted by Gasteiger charge is -2.21. The number of rotatable bonds is 5. The third-order valence-electron chi connectivity index (χ3n) is 2.99. The van der Waals surface area contributed by atoms with Crippen molar-refractivity contribution in [1.29, 1.82) is 0 Å². The van der Waals surface area contributed by atoms with Gasteiger partial charge in [-0.3, -0.25) is 4.90 Å². The largest absolute Gasteiger partial charge is 0.478 e. The number of hydrogen-bond donors (Lipinski definition) is 1. The number of amides is 1. The lowest BCUT2D eigenvalue weighted by Crippen LogP contribution is -2.32. The lowest BCUT2D eigenvalue weighted by atomic mass is 10.2. The van der Waals surface area contributed by atoms with E-state index in [-0.39, 0.29) is 22.7 Å². The standard InChI is InChI=1S/C15H13F2NO4S/c1-2-22-15(21)18(13-9(14(19)20)6-7-23-13)8-10-11(16)4-3-5-12(10)17/h3-7H,2,8H2,1H3,(H,19,20). The summed E-state index contributed by atoms with van der Waals surface area (Å²) in [7, 11) is 0. The number of nitrogens with zero attached hydrogens (tertiary/aromatic N) is 1. The predicted molar refractivity (Wildman–Crippen MR) is 80.8 cm³/mol. The summed E-state index contributed by atoms with van der Waals surface area (Å²) in [6.07, 6.45) is -0.875. The fraction of sp³-hybridized carbons (Fsp3) is 0.200. The van der Waals surface area contributed by atoms with Crippen molar-refractivity contribution in [2.45, 2.75) is 13.5 Å². The van der Waals surface area contributed by atoms with Gasteiger partial charge >= 0.3 is 12.1 Å². The van der Waals surface area contributed by atoms with Gasteiger partial charge in [0, 0.05) is 5.56 Å². The Labute approximate surface area is 134 Å². The first kappa shape index (κ1) is 16.9. The van der Waals surface area contributed by atoms with E-state index in [0.29, 0.717) is 0 Å². The van der Waals surface area contributed by atoms with E-state index in [4.69, 9.17) is 4.74 Å². The number of hydrogen-bond acceptors (Lipinski definition) is 4. The number of carboxylic acids is 1. The second kappa shape index (κ2) is 7.19. The molecule has 8 heteroatoms. The smallest absolute Gasteiger partial charge is 0.415 e. The Hall–Kier alpha value is -2.48. The zero-order chi connectivity index (χ0) is 17.0. The molecular formula is C15H13F2NO4S. The van der Waals surface area contributed by atoms with Crippen LogP contribution in [0.25, 0.3) is 0 Å². The Morgan fingerprint density at radius 3 is 2.48 bits per heavy atom. The van der Waals surface area contributed by atoms with Crippen LogP contribution in [0.1, 0.15) is 22.8 Å². The van der Waals surface area contributed by atoms with Gasteiger partial charge in [0.05, 0.1) is 18.7 Å². The maximum Gasteiger partial charge on any atom is 0.415 e. The highest BCUT2D eigenvalue weighted by Gasteiger charge is 2.26. The molecule has 2 rings (SSSR count). The van der Waals surface area contributed by atoms with E-state index < -0.39 is 30.2 Å². The Balaban J connectivity index is 2.45. The van der Waals surface area contributed by atoms with E-state index in [1.54, 1.807) is 6.92 Å². The quantitative estimate of drug-likeness (QED) is 0.896. The van der Waals surface area contributed by atoms with Gasteiger partial charge in [0.1, 0.15) is 16.6 Å². The summed E-state index contributed by atoms with van der Waals surface area (Å²) >= 11 is 0.970. The van der Waals surface area contributed by atoms with Gasteiger partial charge in [0.25, 0.3) is 0 Å². The van der Waals surface area contributed by atoms with Gasteiger partial charge in [-0.25, -0.2) is 18.4 Å². The molecular weight excluding hydrogens is 328 g/mol. The van der Waals surface area contributed by atoms with E-state index in [1.165, 1.54) is 17.5 Å². The van der Waals surface area contributed by atoms with Gasteiger partial charge < -0.3 is 9.84 Å². The molecule has 0 spiro atoms. The zero-order valence-electron chi connectivity index (χ0n) is 12.1. The number of ether oxygens (including phenoxy) is 1. The Bertz CT molecular complexity index is 712. The Morgan fingerprint density at radius 1 is 1.26 bits per heavy atom. The van der Waals surface area contributed by atoms with Crippen LogP contribution in [0.2, 0.25) is 0 Å². The highest BCUT2D eigenvalue weighted by atomic mass is 32.1. The lowest BCUT2D eigenvalue weighted by molar-refractivity contribution is 0.0698. The van der Waals surface area contributed by atoms with Crippen LogP contribution in [0.4, 0.5) is 18.6 Å². The fourth-order valence-corrected chi connectivity index (χ4v) is 2.82. The summed E-state index contributed by atoms with van der Waals surface area (Å²) in [4.78, 5) is 24.3. The van der Waals surface area contributed by atoms with Crippen LogP contribution >= 0.6 is 11.3 Å². The van der Waals surface area contributed by atoms with Crippen molar-refractivity contribution in [3.8, 4) is 0 Å². The molecule has 5 nitrogen and oxygen atoms in total. The number of aromatic carboxylic acids is 1.